The molecular formula is C11H15N3O4. The van der Waals surface area contributed by atoms with Crippen molar-refractivity contribution in [1.82, 2.24) is 10.3 Å². The molecule has 98 valence electrons. The van der Waals surface area contributed by atoms with Gasteiger partial charge in [0.2, 0.25) is 5.91 Å². The number of nitrogens with two attached hydrogens (primary N) is 1. The van der Waals surface area contributed by atoms with E-state index in [0.29, 0.717) is 18.1 Å². The molecule has 0 bridgehead atoms. The van der Waals surface area contributed by atoms with Crippen molar-refractivity contribution in [2.45, 2.75) is 13.8 Å². The predicted molar refractivity (Wildman–Crippen MR) is 63.4 cm³/mol. The highest BCUT2D eigenvalue weighted by Crippen LogP contribution is 2.24. The zero-order valence-electron chi connectivity index (χ0n) is 10.2. The number of pyridine rings is 1. The Morgan fingerprint density at radius 3 is 2.78 bits per heavy atom. The average Bonchev–Trinajstić information content (AvgIpc) is 2.32. The summed E-state index contributed by atoms with van der Waals surface area (Å²) in [5, 5.41) is 1.95. The van der Waals surface area contributed by atoms with Crippen molar-refractivity contribution in [2.24, 2.45) is 5.73 Å². The summed E-state index contributed by atoms with van der Waals surface area (Å²) in [6, 6.07) is 3.36. The molecule has 0 saturated carbocycles. The van der Waals surface area contributed by atoms with Gasteiger partial charge in [0, 0.05) is 5.69 Å². The molecule has 1 heterocycles. The molecule has 7 heteroatoms. The Labute approximate surface area is 104 Å². The van der Waals surface area contributed by atoms with Crippen LogP contribution in [0, 0.1) is 6.92 Å². The lowest BCUT2D eigenvalue weighted by molar-refractivity contribution is -0.118. The Bertz CT molecular complexity index is 448. The summed E-state index contributed by atoms with van der Waals surface area (Å²) in [6.07, 6.45) is -0.940. The number of aryl methyl sites for hydroxylation is 1. The number of hydrogen-bond donors (Lipinski definition) is 2. The van der Waals surface area contributed by atoms with Crippen molar-refractivity contribution in [3.05, 3.63) is 17.8 Å². The van der Waals surface area contributed by atoms with Gasteiger partial charge in [-0.1, -0.05) is 0 Å². The van der Waals surface area contributed by atoms with Crippen LogP contribution in [0.25, 0.3) is 0 Å². The fourth-order valence-electron chi connectivity index (χ4n) is 1.14. The van der Waals surface area contributed by atoms with E-state index in [4.69, 9.17) is 15.2 Å². The van der Waals surface area contributed by atoms with Gasteiger partial charge in [0.1, 0.15) is 0 Å². The molecule has 0 saturated heterocycles. The summed E-state index contributed by atoms with van der Waals surface area (Å²) in [4.78, 5) is 26.3. The number of carbonyl (C=O) groups is 2. The lowest BCUT2D eigenvalue weighted by Gasteiger charge is -2.10. The highest BCUT2D eigenvalue weighted by atomic mass is 16.6. The van der Waals surface area contributed by atoms with Gasteiger partial charge in [-0.25, -0.2) is 9.78 Å². The van der Waals surface area contributed by atoms with E-state index in [1.807, 2.05) is 5.32 Å². The third-order valence-corrected chi connectivity index (χ3v) is 1.88. The van der Waals surface area contributed by atoms with Crippen LogP contribution in [0.15, 0.2) is 12.1 Å². The fourth-order valence-corrected chi connectivity index (χ4v) is 1.14. The molecule has 1 rings (SSSR count). The Morgan fingerprint density at radius 1 is 1.44 bits per heavy atom. The van der Waals surface area contributed by atoms with Gasteiger partial charge in [-0.2, -0.15) is 0 Å². The van der Waals surface area contributed by atoms with Crippen molar-refractivity contribution >= 4 is 12.0 Å². The maximum absolute atomic E-state index is 11.3. The van der Waals surface area contributed by atoms with Crippen LogP contribution in [0.3, 0.4) is 0 Å². The summed E-state index contributed by atoms with van der Waals surface area (Å²) in [5.41, 5.74) is 5.71. The summed E-state index contributed by atoms with van der Waals surface area (Å²) < 4.78 is 10.1. The molecule has 0 aliphatic carbocycles. The van der Waals surface area contributed by atoms with Gasteiger partial charge in [-0.3, -0.25) is 10.1 Å². The normalized spacial score (nSPS) is 9.72. The highest BCUT2D eigenvalue weighted by Gasteiger charge is 2.14. The third kappa shape index (κ3) is 4.02. The smallest absolute Gasteiger partial charge is 0.420 e. The molecule has 0 atom stereocenters. The van der Waals surface area contributed by atoms with Crippen LogP contribution < -0.4 is 20.5 Å². The van der Waals surface area contributed by atoms with E-state index in [2.05, 4.69) is 4.98 Å². The van der Waals surface area contributed by atoms with Gasteiger partial charge in [-0.15, -0.1) is 0 Å². The first kappa shape index (κ1) is 13.9. The van der Waals surface area contributed by atoms with Crippen LogP contribution >= 0.6 is 0 Å². The van der Waals surface area contributed by atoms with Crippen molar-refractivity contribution in [3.8, 4) is 11.6 Å². The molecule has 2 amide bonds. The Kier molecular flexibility index (Phi) is 5.06. The summed E-state index contributed by atoms with van der Waals surface area (Å²) >= 11 is 0. The number of ether oxygens (including phenoxy) is 2. The van der Waals surface area contributed by atoms with Crippen LogP contribution in [0.4, 0.5) is 4.79 Å². The number of amides is 2. The summed E-state index contributed by atoms with van der Waals surface area (Å²) in [7, 11) is 0. The molecule has 0 aliphatic heterocycles. The van der Waals surface area contributed by atoms with Crippen LogP contribution in [0.2, 0.25) is 0 Å². The van der Waals surface area contributed by atoms with Crippen LogP contribution in [0.1, 0.15) is 12.6 Å². The summed E-state index contributed by atoms with van der Waals surface area (Å²) in [6.45, 7) is 3.65. The Hall–Kier alpha value is -2.15. The minimum absolute atomic E-state index is 0.0131. The van der Waals surface area contributed by atoms with E-state index in [0.717, 1.165) is 0 Å². The van der Waals surface area contributed by atoms with Crippen molar-refractivity contribution in [1.29, 1.82) is 0 Å². The van der Waals surface area contributed by atoms with E-state index >= 15 is 0 Å². The summed E-state index contributed by atoms with van der Waals surface area (Å²) in [5.74, 6) is -0.289. The Balaban J connectivity index is 2.78. The number of nitrogens with one attached hydrogen (secondary N) is 1. The van der Waals surface area contributed by atoms with Gasteiger partial charge < -0.3 is 15.2 Å². The topological polar surface area (TPSA) is 104 Å². The van der Waals surface area contributed by atoms with E-state index in [9.17, 15) is 9.59 Å². The van der Waals surface area contributed by atoms with E-state index < -0.39 is 12.0 Å². The quantitative estimate of drug-likeness (QED) is 0.803. The highest BCUT2D eigenvalue weighted by molar-refractivity contribution is 5.93. The number of hydrogen-bond acceptors (Lipinski definition) is 6. The third-order valence-electron chi connectivity index (χ3n) is 1.88. The van der Waals surface area contributed by atoms with Crippen LogP contribution in [0.5, 0.6) is 11.6 Å². The fraction of sp³-hybridized carbons (Fsp3) is 0.364. The molecule has 18 heavy (non-hydrogen) atoms. The minimum atomic E-state index is -0.940. The molecule has 7 nitrogen and oxygen atoms in total. The lowest BCUT2D eigenvalue weighted by atomic mass is 10.3. The molecule has 1 aromatic rings. The first-order valence-corrected chi connectivity index (χ1v) is 5.39. The van der Waals surface area contributed by atoms with Gasteiger partial charge in [0.25, 0.3) is 5.88 Å². The number of imide groups is 1. The van der Waals surface area contributed by atoms with E-state index in [-0.39, 0.29) is 12.4 Å². The molecule has 0 fully saturated rings. The van der Waals surface area contributed by atoms with Gasteiger partial charge >= 0.3 is 6.09 Å². The second kappa shape index (κ2) is 6.55. The zero-order valence-corrected chi connectivity index (χ0v) is 10.2. The molecule has 3 N–H and O–H groups in total. The lowest BCUT2D eigenvalue weighted by Crippen LogP contribution is -2.37. The molecule has 0 spiro atoms. The first-order valence-electron chi connectivity index (χ1n) is 5.39. The van der Waals surface area contributed by atoms with E-state index in [1.54, 1.807) is 26.0 Å². The monoisotopic (exact) mass is 253 g/mol. The van der Waals surface area contributed by atoms with Crippen molar-refractivity contribution in [3.63, 3.8) is 0 Å². The molecular weight excluding hydrogens is 238 g/mol. The minimum Gasteiger partial charge on any atom is -0.488 e. The number of nitrogens with zero attached hydrogens (tertiary/aromatic N) is 1. The zero-order chi connectivity index (χ0) is 13.5. The van der Waals surface area contributed by atoms with Crippen LogP contribution in [-0.4, -0.2) is 30.1 Å². The molecule has 0 aliphatic rings. The average molecular weight is 253 g/mol. The SMILES string of the molecule is CCOc1ccc(C)nc1OC(=O)NC(=O)CN. The number of rotatable bonds is 4. The van der Waals surface area contributed by atoms with Crippen molar-refractivity contribution < 1.29 is 19.1 Å². The van der Waals surface area contributed by atoms with Gasteiger partial charge in [-0.05, 0) is 26.0 Å². The first-order chi connectivity index (χ1) is 8.56. The standard InChI is InChI=1S/C11H15N3O4/c1-3-17-8-5-4-7(2)13-10(8)18-11(16)14-9(15)6-12/h4-5H,3,6,12H2,1-2H3,(H,14,15,16). The second-order valence-electron chi connectivity index (χ2n) is 3.33. The maximum atomic E-state index is 11.3. The van der Waals surface area contributed by atoms with Gasteiger partial charge in [0.15, 0.2) is 5.75 Å². The predicted octanol–water partition coefficient (Wildman–Crippen LogP) is 0.362. The van der Waals surface area contributed by atoms with E-state index in [1.165, 1.54) is 0 Å². The Morgan fingerprint density at radius 2 is 2.17 bits per heavy atom. The molecule has 0 radical (unpaired) electrons. The number of aromatic nitrogens is 1. The maximum Gasteiger partial charge on any atom is 0.420 e. The largest absolute Gasteiger partial charge is 0.488 e. The number of carbonyl (C=O) groups excluding carboxylic acids is 2. The molecule has 1 aromatic heterocycles. The van der Waals surface area contributed by atoms with Crippen molar-refractivity contribution in [2.75, 3.05) is 13.2 Å². The molecule has 0 unspecified atom stereocenters. The van der Waals surface area contributed by atoms with Gasteiger partial charge in [0.05, 0.1) is 13.2 Å². The van der Waals surface area contributed by atoms with Crippen LogP contribution in [-0.2, 0) is 4.79 Å². The molecule has 0 aromatic carbocycles. The second-order valence-corrected chi connectivity index (χ2v) is 3.33.